The van der Waals surface area contributed by atoms with Gasteiger partial charge in [0.15, 0.2) is 0 Å². The molecule has 0 fully saturated rings. The number of carbonyl (C=O) groups is 1. The van der Waals surface area contributed by atoms with Gasteiger partial charge in [-0.2, -0.15) is 5.26 Å². The predicted octanol–water partition coefficient (Wildman–Crippen LogP) is 4.27. The van der Waals surface area contributed by atoms with Crippen molar-refractivity contribution in [2.75, 3.05) is 0 Å². The standard InChI is InChI=1S/C13H8Br2N2OS/c14-9-6-11(19-12(9)15)13(18)17-10(7-16)8-4-2-1-3-5-8/h1-6,10H,(H,17,18). The lowest BCUT2D eigenvalue weighted by Crippen LogP contribution is -2.26. The molecular weight excluding hydrogens is 392 g/mol. The Balaban J connectivity index is 2.16. The van der Waals surface area contributed by atoms with Gasteiger partial charge in [0.05, 0.1) is 14.7 Å². The molecule has 1 N–H and O–H groups in total. The van der Waals surface area contributed by atoms with E-state index in [1.807, 2.05) is 30.3 Å². The average molecular weight is 400 g/mol. The summed E-state index contributed by atoms with van der Waals surface area (Å²) in [6.45, 7) is 0. The SMILES string of the molecule is N#CC(NC(=O)c1cc(Br)c(Br)s1)c1ccccc1. The number of nitriles is 1. The van der Waals surface area contributed by atoms with Crippen molar-refractivity contribution in [1.29, 1.82) is 5.26 Å². The van der Waals surface area contributed by atoms with E-state index in [2.05, 4.69) is 43.2 Å². The molecule has 96 valence electrons. The molecule has 1 aromatic heterocycles. The summed E-state index contributed by atoms with van der Waals surface area (Å²) in [6, 6.07) is 12.3. The van der Waals surface area contributed by atoms with Crippen molar-refractivity contribution < 1.29 is 4.79 Å². The summed E-state index contributed by atoms with van der Waals surface area (Å²) in [5.41, 5.74) is 0.771. The fourth-order valence-electron chi connectivity index (χ4n) is 1.50. The minimum Gasteiger partial charge on any atom is -0.332 e. The molecule has 0 aliphatic heterocycles. The van der Waals surface area contributed by atoms with Crippen LogP contribution in [-0.2, 0) is 0 Å². The van der Waals surface area contributed by atoms with Gasteiger partial charge in [-0.1, -0.05) is 30.3 Å². The zero-order valence-corrected chi connectivity index (χ0v) is 13.5. The van der Waals surface area contributed by atoms with Crippen molar-refractivity contribution in [2.45, 2.75) is 6.04 Å². The number of amides is 1. The van der Waals surface area contributed by atoms with Crippen LogP contribution in [-0.4, -0.2) is 5.91 Å². The van der Waals surface area contributed by atoms with Crippen molar-refractivity contribution in [2.24, 2.45) is 0 Å². The van der Waals surface area contributed by atoms with E-state index in [-0.39, 0.29) is 5.91 Å². The molecule has 3 nitrogen and oxygen atoms in total. The van der Waals surface area contributed by atoms with Crippen LogP contribution in [0.1, 0.15) is 21.3 Å². The Bertz CT molecular complexity index is 614. The molecule has 6 heteroatoms. The molecular formula is C13H8Br2N2OS. The molecule has 19 heavy (non-hydrogen) atoms. The third kappa shape index (κ3) is 3.44. The summed E-state index contributed by atoms with van der Waals surface area (Å²) in [4.78, 5) is 12.6. The minimum atomic E-state index is -0.645. The Hall–Kier alpha value is -1.16. The Labute approximate surface area is 131 Å². The van der Waals surface area contributed by atoms with Gasteiger partial charge in [0.2, 0.25) is 0 Å². The number of hydrogen-bond acceptors (Lipinski definition) is 3. The van der Waals surface area contributed by atoms with Gasteiger partial charge in [-0.3, -0.25) is 4.79 Å². The van der Waals surface area contributed by atoms with Crippen LogP contribution >= 0.6 is 43.2 Å². The van der Waals surface area contributed by atoms with E-state index in [0.717, 1.165) is 13.8 Å². The van der Waals surface area contributed by atoms with Gasteiger partial charge in [-0.15, -0.1) is 11.3 Å². The second-order valence-electron chi connectivity index (χ2n) is 3.68. The van der Waals surface area contributed by atoms with Crippen LogP contribution in [0.5, 0.6) is 0 Å². The maximum atomic E-state index is 12.1. The highest BCUT2D eigenvalue weighted by Crippen LogP contribution is 2.32. The van der Waals surface area contributed by atoms with E-state index < -0.39 is 6.04 Å². The first-order chi connectivity index (χ1) is 9.11. The molecule has 0 aliphatic carbocycles. The number of nitrogens with zero attached hydrogens (tertiary/aromatic N) is 1. The Kier molecular flexibility index (Phi) is 4.75. The normalized spacial score (nSPS) is 11.6. The number of nitrogens with one attached hydrogen (secondary N) is 1. The highest BCUT2D eigenvalue weighted by Gasteiger charge is 2.17. The molecule has 0 aliphatic rings. The van der Waals surface area contributed by atoms with E-state index >= 15 is 0 Å². The van der Waals surface area contributed by atoms with Crippen molar-refractivity contribution in [3.63, 3.8) is 0 Å². The number of benzene rings is 1. The fourth-order valence-corrected chi connectivity index (χ4v) is 3.44. The Morgan fingerprint density at radius 2 is 2.00 bits per heavy atom. The van der Waals surface area contributed by atoms with E-state index in [9.17, 15) is 4.79 Å². The summed E-state index contributed by atoms with van der Waals surface area (Å²) in [5.74, 6) is -0.258. The molecule has 0 radical (unpaired) electrons. The zero-order chi connectivity index (χ0) is 13.8. The van der Waals surface area contributed by atoms with Gasteiger partial charge in [-0.25, -0.2) is 0 Å². The number of carbonyl (C=O) groups excluding carboxylic acids is 1. The Morgan fingerprint density at radius 1 is 1.32 bits per heavy atom. The van der Waals surface area contributed by atoms with Gasteiger partial charge in [0.25, 0.3) is 5.91 Å². The highest BCUT2D eigenvalue weighted by atomic mass is 79.9. The molecule has 2 aromatic rings. The summed E-state index contributed by atoms with van der Waals surface area (Å²) in [6.07, 6.45) is 0. The topological polar surface area (TPSA) is 52.9 Å². The van der Waals surface area contributed by atoms with Gasteiger partial charge in [0, 0.05) is 4.47 Å². The van der Waals surface area contributed by atoms with Crippen LogP contribution in [0.15, 0.2) is 44.7 Å². The van der Waals surface area contributed by atoms with Gasteiger partial charge in [0.1, 0.15) is 6.04 Å². The van der Waals surface area contributed by atoms with Crippen molar-refractivity contribution in [3.8, 4) is 6.07 Å². The second-order valence-corrected chi connectivity index (χ2v) is 6.90. The quantitative estimate of drug-likeness (QED) is 0.837. The first-order valence-corrected chi connectivity index (χ1v) is 7.72. The van der Waals surface area contributed by atoms with E-state index in [1.165, 1.54) is 11.3 Å². The number of rotatable bonds is 3. The first-order valence-electron chi connectivity index (χ1n) is 5.32. The van der Waals surface area contributed by atoms with Crippen LogP contribution in [0.2, 0.25) is 0 Å². The maximum Gasteiger partial charge on any atom is 0.262 e. The number of thiophene rings is 1. The van der Waals surface area contributed by atoms with Crippen molar-refractivity contribution >= 4 is 49.1 Å². The lowest BCUT2D eigenvalue weighted by atomic mass is 10.1. The minimum absolute atomic E-state index is 0.258. The number of halogens is 2. The van der Waals surface area contributed by atoms with Crippen molar-refractivity contribution in [3.05, 3.63) is 55.1 Å². The maximum absolute atomic E-state index is 12.1. The van der Waals surface area contributed by atoms with Crippen molar-refractivity contribution in [1.82, 2.24) is 5.32 Å². The molecule has 1 aromatic carbocycles. The molecule has 0 bridgehead atoms. The van der Waals surface area contributed by atoms with Gasteiger partial charge < -0.3 is 5.32 Å². The third-order valence-corrected chi connectivity index (χ3v) is 5.66. The van der Waals surface area contributed by atoms with Crippen LogP contribution in [0.3, 0.4) is 0 Å². The molecule has 1 atom stereocenters. The fraction of sp³-hybridized carbons (Fsp3) is 0.0769. The monoisotopic (exact) mass is 398 g/mol. The summed E-state index contributed by atoms with van der Waals surface area (Å²) >= 11 is 7.99. The summed E-state index contributed by atoms with van der Waals surface area (Å²) in [7, 11) is 0. The van der Waals surface area contributed by atoms with Crippen LogP contribution in [0.25, 0.3) is 0 Å². The average Bonchev–Trinajstić information content (AvgIpc) is 2.77. The van der Waals surface area contributed by atoms with Crippen LogP contribution in [0.4, 0.5) is 0 Å². The molecule has 0 spiro atoms. The molecule has 1 unspecified atom stereocenters. The lowest BCUT2D eigenvalue weighted by molar-refractivity contribution is 0.0949. The predicted molar refractivity (Wildman–Crippen MR) is 82.0 cm³/mol. The number of hydrogen-bond donors (Lipinski definition) is 1. The molecule has 0 saturated heterocycles. The smallest absolute Gasteiger partial charge is 0.262 e. The van der Waals surface area contributed by atoms with Gasteiger partial charge >= 0.3 is 0 Å². The molecule has 2 rings (SSSR count). The van der Waals surface area contributed by atoms with Crippen LogP contribution in [0, 0.1) is 11.3 Å². The largest absolute Gasteiger partial charge is 0.332 e. The lowest BCUT2D eigenvalue weighted by Gasteiger charge is -2.10. The van der Waals surface area contributed by atoms with E-state index in [1.54, 1.807) is 6.07 Å². The zero-order valence-electron chi connectivity index (χ0n) is 9.56. The molecule has 0 saturated carbocycles. The van der Waals surface area contributed by atoms with Crippen LogP contribution < -0.4 is 5.32 Å². The Morgan fingerprint density at radius 3 is 2.53 bits per heavy atom. The van der Waals surface area contributed by atoms with E-state index in [4.69, 9.17) is 5.26 Å². The summed E-state index contributed by atoms with van der Waals surface area (Å²) < 4.78 is 1.68. The summed E-state index contributed by atoms with van der Waals surface area (Å²) in [5, 5.41) is 11.9. The third-order valence-electron chi connectivity index (χ3n) is 2.41. The van der Waals surface area contributed by atoms with Gasteiger partial charge in [-0.05, 0) is 43.5 Å². The molecule has 1 heterocycles. The second kappa shape index (κ2) is 6.33. The first kappa shape index (κ1) is 14.3. The van der Waals surface area contributed by atoms with E-state index in [0.29, 0.717) is 4.88 Å². The molecule has 1 amide bonds. The highest BCUT2D eigenvalue weighted by molar-refractivity contribution is 9.13.